The summed E-state index contributed by atoms with van der Waals surface area (Å²) in [4.78, 5) is 12.6. The highest BCUT2D eigenvalue weighted by atomic mass is 79.9. The SMILES string of the molecule is COc1ccccc1CNC(=O)c1cc(OC)c(OC)c(OC)c1Br. The minimum absolute atomic E-state index is 0.281. The highest BCUT2D eigenvalue weighted by Gasteiger charge is 2.22. The largest absolute Gasteiger partial charge is 0.496 e. The highest BCUT2D eigenvalue weighted by Crippen LogP contribution is 2.44. The molecule has 134 valence electrons. The number of halogens is 1. The number of amides is 1. The van der Waals surface area contributed by atoms with E-state index in [4.69, 9.17) is 18.9 Å². The van der Waals surface area contributed by atoms with Crippen LogP contribution in [0.3, 0.4) is 0 Å². The Morgan fingerprint density at radius 1 is 0.960 bits per heavy atom. The molecule has 0 aromatic heterocycles. The molecule has 0 radical (unpaired) electrons. The fourth-order valence-electron chi connectivity index (χ4n) is 2.41. The Morgan fingerprint density at radius 3 is 2.20 bits per heavy atom. The van der Waals surface area contributed by atoms with Crippen LogP contribution < -0.4 is 24.3 Å². The number of benzene rings is 2. The Hall–Kier alpha value is -2.41. The first-order chi connectivity index (χ1) is 12.1. The van der Waals surface area contributed by atoms with Gasteiger partial charge in [-0.05, 0) is 28.1 Å². The van der Waals surface area contributed by atoms with Crippen molar-refractivity contribution in [3.05, 3.63) is 45.9 Å². The summed E-state index contributed by atoms with van der Waals surface area (Å²) in [6, 6.07) is 9.10. The first-order valence-corrected chi connectivity index (χ1v) is 8.25. The molecule has 2 aromatic carbocycles. The molecule has 0 bridgehead atoms. The van der Waals surface area contributed by atoms with Crippen LogP contribution in [0.15, 0.2) is 34.8 Å². The van der Waals surface area contributed by atoms with E-state index in [9.17, 15) is 4.79 Å². The number of ether oxygens (including phenoxy) is 4. The van der Waals surface area contributed by atoms with Gasteiger partial charge in [0.15, 0.2) is 11.5 Å². The van der Waals surface area contributed by atoms with Crippen LogP contribution in [0.2, 0.25) is 0 Å². The van der Waals surface area contributed by atoms with Crippen LogP contribution in [0.5, 0.6) is 23.0 Å². The van der Waals surface area contributed by atoms with Crippen molar-refractivity contribution in [2.45, 2.75) is 6.54 Å². The molecule has 6 nitrogen and oxygen atoms in total. The average molecular weight is 410 g/mol. The van der Waals surface area contributed by atoms with Gasteiger partial charge in [0.25, 0.3) is 5.91 Å². The summed E-state index contributed by atoms with van der Waals surface area (Å²) in [6.45, 7) is 0.325. The lowest BCUT2D eigenvalue weighted by Gasteiger charge is -2.17. The predicted molar refractivity (Wildman–Crippen MR) is 98.0 cm³/mol. The Labute approximate surface area is 155 Å². The van der Waals surface area contributed by atoms with Gasteiger partial charge < -0.3 is 24.3 Å². The van der Waals surface area contributed by atoms with E-state index in [1.165, 1.54) is 21.3 Å². The predicted octanol–water partition coefficient (Wildman–Crippen LogP) is 3.41. The van der Waals surface area contributed by atoms with Gasteiger partial charge in [-0.15, -0.1) is 0 Å². The van der Waals surface area contributed by atoms with Gasteiger partial charge in [-0.2, -0.15) is 0 Å². The Balaban J connectivity index is 2.30. The average Bonchev–Trinajstić information content (AvgIpc) is 2.65. The molecule has 2 rings (SSSR count). The third-order valence-corrected chi connectivity index (χ3v) is 4.43. The lowest BCUT2D eigenvalue weighted by Crippen LogP contribution is -2.23. The van der Waals surface area contributed by atoms with Gasteiger partial charge in [0, 0.05) is 12.1 Å². The van der Waals surface area contributed by atoms with Crippen LogP contribution in [-0.4, -0.2) is 34.3 Å². The molecule has 0 atom stereocenters. The molecule has 0 saturated heterocycles. The second-order valence-electron chi connectivity index (χ2n) is 5.00. The maximum atomic E-state index is 12.6. The van der Waals surface area contributed by atoms with E-state index in [1.807, 2.05) is 24.3 Å². The zero-order valence-electron chi connectivity index (χ0n) is 14.5. The number of nitrogens with one attached hydrogen (secondary N) is 1. The number of para-hydroxylation sites is 1. The second-order valence-corrected chi connectivity index (χ2v) is 5.79. The van der Waals surface area contributed by atoms with E-state index >= 15 is 0 Å². The molecule has 0 fully saturated rings. The van der Waals surface area contributed by atoms with Gasteiger partial charge in [0.1, 0.15) is 5.75 Å². The minimum Gasteiger partial charge on any atom is -0.496 e. The van der Waals surface area contributed by atoms with E-state index in [0.717, 1.165) is 5.56 Å². The summed E-state index contributed by atoms with van der Waals surface area (Å²) in [7, 11) is 6.10. The Bertz CT molecular complexity index is 763. The molecule has 0 heterocycles. The van der Waals surface area contributed by atoms with Crippen molar-refractivity contribution in [2.24, 2.45) is 0 Å². The molecule has 1 amide bonds. The van der Waals surface area contributed by atoms with Crippen molar-refractivity contribution in [2.75, 3.05) is 28.4 Å². The number of hydrogen-bond acceptors (Lipinski definition) is 5. The summed E-state index contributed by atoms with van der Waals surface area (Å²) < 4.78 is 21.7. The van der Waals surface area contributed by atoms with Gasteiger partial charge >= 0.3 is 0 Å². The van der Waals surface area contributed by atoms with Gasteiger partial charge in [0.2, 0.25) is 5.75 Å². The molecule has 7 heteroatoms. The first kappa shape index (κ1) is 18.9. The molecular weight excluding hydrogens is 390 g/mol. The van der Waals surface area contributed by atoms with Crippen LogP contribution in [0, 0.1) is 0 Å². The summed E-state index contributed by atoms with van der Waals surface area (Å²) in [5.41, 5.74) is 1.26. The molecule has 0 aliphatic rings. The number of hydrogen-bond donors (Lipinski definition) is 1. The van der Waals surface area contributed by atoms with Crippen molar-refractivity contribution in [3.63, 3.8) is 0 Å². The molecule has 2 aromatic rings. The highest BCUT2D eigenvalue weighted by molar-refractivity contribution is 9.10. The summed E-state index contributed by atoms with van der Waals surface area (Å²) in [5, 5.41) is 2.87. The van der Waals surface area contributed by atoms with Crippen molar-refractivity contribution in [1.29, 1.82) is 0 Å². The lowest BCUT2D eigenvalue weighted by molar-refractivity contribution is 0.0949. The van der Waals surface area contributed by atoms with E-state index in [2.05, 4.69) is 21.2 Å². The third kappa shape index (κ3) is 3.99. The van der Waals surface area contributed by atoms with Crippen LogP contribution in [0.4, 0.5) is 0 Å². The maximum absolute atomic E-state index is 12.6. The molecule has 0 spiro atoms. The van der Waals surface area contributed by atoms with Crippen molar-refractivity contribution in [1.82, 2.24) is 5.32 Å². The fourth-order valence-corrected chi connectivity index (χ4v) is 3.04. The zero-order valence-corrected chi connectivity index (χ0v) is 16.1. The normalized spacial score (nSPS) is 10.1. The third-order valence-electron chi connectivity index (χ3n) is 3.65. The maximum Gasteiger partial charge on any atom is 0.252 e. The zero-order chi connectivity index (χ0) is 18.4. The second kappa shape index (κ2) is 8.62. The molecule has 1 N–H and O–H groups in total. The summed E-state index contributed by atoms with van der Waals surface area (Å²) >= 11 is 3.41. The van der Waals surface area contributed by atoms with Crippen molar-refractivity contribution >= 4 is 21.8 Å². The smallest absolute Gasteiger partial charge is 0.252 e. The summed E-state index contributed by atoms with van der Waals surface area (Å²) in [5.74, 6) is 1.65. The van der Waals surface area contributed by atoms with E-state index in [0.29, 0.717) is 39.6 Å². The Kier molecular flexibility index (Phi) is 6.52. The quantitative estimate of drug-likeness (QED) is 0.758. The van der Waals surface area contributed by atoms with E-state index < -0.39 is 0 Å². The van der Waals surface area contributed by atoms with Crippen LogP contribution >= 0.6 is 15.9 Å². The topological polar surface area (TPSA) is 66.0 Å². The van der Waals surface area contributed by atoms with Crippen molar-refractivity contribution in [3.8, 4) is 23.0 Å². The fraction of sp³-hybridized carbons (Fsp3) is 0.278. The van der Waals surface area contributed by atoms with E-state index in [-0.39, 0.29) is 5.91 Å². The molecule has 0 unspecified atom stereocenters. The van der Waals surface area contributed by atoms with Gasteiger partial charge in [0.05, 0.1) is 38.5 Å². The number of rotatable bonds is 7. The van der Waals surface area contributed by atoms with Crippen LogP contribution in [-0.2, 0) is 6.54 Å². The van der Waals surface area contributed by atoms with Gasteiger partial charge in [-0.3, -0.25) is 4.79 Å². The van der Waals surface area contributed by atoms with Crippen molar-refractivity contribution < 1.29 is 23.7 Å². The standard InChI is InChI=1S/C18H20BrNO5/c1-22-13-8-6-5-7-11(13)10-20-18(21)12-9-14(23-2)16(24-3)17(25-4)15(12)19/h5-9H,10H2,1-4H3,(H,20,21). The van der Waals surface area contributed by atoms with Gasteiger partial charge in [-0.1, -0.05) is 18.2 Å². The van der Waals surface area contributed by atoms with E-state index in [1.54, 1.807) is 13.2 Å². The monoisotopic (exact) mass is 409 g/mol. The molecular formula is C18H20BrNO5. The summed E-state index contributed by atoms with van der Waals surface area (Å²) in [6.07, 6.45) is 0. The van der Waals surface area contributed by atoms with Crippen LogP contribution in [0.25, 0.3) is 0 Å². The number of methoxy groups -OCH3 is 4. The molecule has 25 heavy (non-hydrogen) atoms. The van der Waals surface area contributed by atoms with Gasteiger partial charge in [-0.25, -0.2) is 0 Å². The minimum atomic E-state index is -0.281. The molecule has 0 aliphatic heterocycles. The lowest BCUT2D eigenvalue weighted by atomic mass is 10.1. The first-order valence-electron chi connectivity index (χ1n) is 7.45. The molecule has 0 aliphatic carbocycles. The number of carbonyl (C=O) groups is 1. The Morgan fingerprint density at radius 2 is 1.60 bits per heavy atom. The van der Waals surface area contributed by atoms with Crippen LogP contribution in [0.1, 0.15) is 15.9 Å². The molecule has 0 saturated carbocycles. The number of carbonyl (C=O) groups excluding carboxylic acids is 1.